The molecule has 1 aliphatic rings. The summed E-state index contributed by atoms with van der Waals surface area (Å²) >= 11 is 1.70. The van der Waals surface area contributed by atoms with Crippen molar-refractivity contribution in [3.8, 4) is 0 Å². The number of hydrogen-bond donors (Lipinski definition) is 0. The molecule has 7 heteroatoms. The molecule has 0 N–H and O–H groups in total. The fourth-order valence-electron chi connectivity index (χ4n) is 4.36. The third kappa shape index (κ3) is 3.00. The minimum absolute atomic E-state index is 0.0224. The van der Waals surface area contributed by atoms with Crippen LogP contribution in [0.3, 0.4) is 0 Å². The van der Waals surface area contributed by atoms with Gasteiger partial charge in [0.25, 0.3) is 5.91 Å². The summed E-state index contributed by atoms with van der Waals surface area (Å²) in [7, 11) is 1.88. The lowest BCUT2D eigenvalue weighted by molar-refractivity contribution is 0.0613. The van der Waals surface area contributed by atoms with Gasteiger partial charge >= 0.3 is 0 Å². The maximum Gasteiger partial charge on any atom is 0.255 e. The summed E-state index contributed by atoms with van der Waals surface area (Å²) in [6.45, 7) is 4.62. The summed E-state index contributed by atoms with van der Waals surface area (Å²) in [6.07, 6.45) is 3.08. The Kier molecular flexibility index (Phi) is 4.35. The summed E-state index contributed by atoms with van der Waals surface area (Å²) in [5.41, 5.74) is 4.14. The molecular weight excluding hydrogens is 382 g/mol. The zero-order valence-electron chi connectivity index (χ0n) is 16.8. The summed E-state index contributed by atoms with van der Waals surface area (Å²) in [5, 5.41) is 6.39. The van der Waals surface area contributed by atoms with Crippen LogP contribution in [0, 0.1) is 13.8 Å². The summed E-state index contributed by atoms with van der Waals surface area (Å²) in [4.78, 5) is 25.2. The Balaban J connectivity index is 1.60. The van der Waals surface area contributed by atoms with Crippen molar-refractivity contribution >= 4 is 38.5 Å². The lowest BCUT2D eigenvalue weighted by Gasteiger charge is -2.34. The number of hydrogen-bond acceptors (Lipinski definition) is 5. The van der Waals surface area contributed by atoms with Gasteiger partial charge in [0.15, 0.2) is 5.65 Å². The first-order valence-corrected chi connectivity index (χ1v) is 10.8. The normalized spacial score (nSPS) is 17.3. The first-order valence-electron chi connectivity index (χ1n) is 10.0. The third-order valence-corrected chi connectivity index (χ3v) is 6.82. The molecular formula is C22H23N5OS. The van der Waals surface area contributed by atoms with Crippen LogP contribution < -0.4 is 0 Å². The molecule has 4 heterocycles. The van der Waals surface area contributed by atoms with Gasteiger partial charge in [-0.2, -0.15) is 5.10 Å². The van der Waals surface area contributed by atoms with Gasteiger partial charge in [-0.25, -0.2) is 9.97 Å². The number of piperidine rings is 1. The Morgan fingerprint density at radius 1 is 1.17 bits per heavy atom. The SMILES string of the molecule is Cc1cc(C(=O)N2CCCCC2c2nc3ccccc3s2)c2c(C)nn(C)c2n1. The summed E-state index contributed by atoms with van der Waals surface area (Å²) < 4.78 is 2.93. The standard InChI is InChI=1S/C22H23N5OS/c1-13-12-15(19-14(2)25-26(3)20(19)23-13)22(28)27-11-7-6-9-17(27)21-24-16-8-4-5-10-18(16)29-21/h4-5,8,10,12,17H,6-7,9,11H2,1-3H3. The molecule has 1 saturated heterocycles. The second-order valence-electron chi connectivity index (χ2n) is 7.75. The van der Waals surface area contributed by atoms with Crippen molar-refractivity contribution in [2.75, 3.05) is 6.54 Å². The first kappa shape index (κ1) is 18.2. The third-order valence-electron chi connectivity index (χ3n) is 5.69. The Morgan fingerprint density at radius 3 is 2.83 bits per heavy atom. The number of likely N-dealkylation sites (tertiary alicyclic amines) is 1. The largest absolute Gasteiger partial charge is 0.329 e. The summed E-state index contributed by atoms with van der Waals surface area (Å²) in [6, 6.07) is 10.1. The molecule has 0 radical (unpaired) electrons. The second kappa shape index (κ2) is 6.91. The van der Waals surface area contributed by atoms with Crippen LogP contribution in [-0.4, -0.2) is 37.1 Å². The van der Waals surface area contributed by atoms with Gasteiger partial charge < -0.3 is 4.90 Å². The van der Waals surface area contributed by atoms with E-state index < -0.39 is 0 Å². The van der Waals surface area contributed by atoms with Gasteiger partial charge in [0.05, 0.1) is 32.9 Å². The molecule has 3 aromatic heterocycles. The average molecular weight is 406 g/mol. The number of para-hydroxylation sites is 1. The molecule has 1 unspecified atom stereocenters. The topological polar surface area (TPSA) is 63.9 Å². The Bertz CT molecular complexity index is 1210. The van der Waals surface area contributed by atoms with Gasteiger partial charge in [-0.15, -0.1) is 11.3 Å². The number of benzene rings is 1. The number of fused-ring (bicyclic) bond motifs is 2. The van der Waals surface area contributed by atoms with E-state index in [0.29, 0.717) is 5.56 Å². The Hall–Kier alpha value is -2.80. The molecule has 4 aromatic rings. The highest BCUT2D eigenvalue weighted by Gasteiger charge is 2.32. The number of rotatable bonds is 2. The molecule has 0 bridgehead atoms. The molecule has 1 aliphatic heterocycles. The highest BCUT2D eigenvalue weighted by Crippen LogP contribution is 2.37. The average Bonchev–Trinajstić information content (AvgIpc) is 3.28. The number of aryl methyl sites for hydroxylation is 3. The van der Waals surface area contributed by atoms with Gasteiger partial charge in [-0.05, 0) is 51.3 Å². The van der Waals surface area contributed by atoms with E-state index in [2.05, 4.69) is 16.1 Å². The Morgan fingerprint density at radius 2 is 2.00 bits per heavy atom. The fraction of sp³-hybridized carbons (Fsp3) is 0.364. The number of pyridine rings is 1. The molecule has 6 nitrogen and oxygen atoms in total. The molecule has 5 rings (SSSR count). The lowest BCUT2D eigenvalue weighted by atomic mass is 10.00. The van der Waals surface area contributed by atoms with Crippen LogP contribution in [0.15, 0.2) is 30.3 Å². The molecule has 148 valence electrons. The van der Waals surface area contributed by atoms with Crippen LogP contribution in [0.1, 0.15) is 52.1 Å². The van der Waals surface area contributed by atoms with Crippen LogP contribution in [0.25, 0.3) is 21.3 Å². The number of aromatic nitrogens is 4. The van der Waals surface area contributed by atoms with Crippen LogP contribution in [-0.2, 0) is 7.05 Å². The van der Waals surface area contributed by atoms with Crippen LogP contribution in [0.2, 0.25) is 0 Å². The van der Waals surface area contributed by atoms with Crippen molar-refractivity contribution in [1.82, 2.24) is 24.6 Å². The molecule has 0 spiro atoms. The van der Waals surface area contributed by atoms with E-state index in [9.17, 15) is 4.79 Å². The molecule has 29 heavy (non-hydrogen) atoms. The summed E-state index contributed by atoms with van der Waals surface area (Å²) in [5.74, 6) is 0.0561. The molecule has 0 saturated carbocycles. The van der Waals surface area contributed by atoms with Gasteiger partial charge in [0, 0.05) is 19.3 Å². The van der Waals surface area contributed by atoms with E-state index in [-0.39, 0.29) is 11.9 Å². The van der Waals surface area contributed by atoms with E-state index in [0.717, 1.165) is 58.8 Å². The van der Waals surface area contributed by atoms with Crippen molar-refractivity contribution in [2.24, 2.45) is 7.05 Å². The van der Waals surface area contributed by atoms with E-state index >= 15 is 0 Å². The molecule has 0 aliphatic carbocycles. The minimum Gasteiger partial charge on any atom is -0.329 e. The van der Waals surface area contributed by atoms with Gasteiger partial charge in [0.2, 0.25) is 0 Å². The number of amides is 1. The zero-order valence-corrected chi connectivity index (χ0v) is 17.7. The van der Waals surface area contributed by atoms with Crippen LogP contribution >= 0.6 is 11.3 Å². The van der Waals surface area contributed by atoms with Crippen molar-refractivity contribution in [3.63, 3.8) is 0 Å². The van der Waals surface area contributed by atoms with E-state index in [1.54, 1.807) is 16.0 Å². The van der Waals surface area contributed by atoms with Crippen LogP contribution in [0.4, 0.5) is 0 Å². The maximum absolute atomic E-state index is 13.8. The Labute approximate surface area is 173 Å². The van der Waals surface area contributed by atoms with E-state index in [4.69, 9.17) is 4.98 Å². The van der Waals surface area contributed by atoms with Crippen molar-refractivity contribution in [2.45, 2.75) is 39.2 Å². The quantitative estimate of drug-likeness (QED) is 0.490. The van der Waals surface area contributed by atoms with Crippen molar-refractivity contribution < 1.29 is 4.79 Å². The molecule has 1 aromatic carbocycles. The monoisotopic (exact) mass is 405 g/mol. The predicted molar refractivity (Wildman–Crippen MR) is 115 cm³/mol. The second-order valence-corrected chi connectivity index (χ2v) is 8.81. The van der Waals surface area contributed by atoms with Gasteiger partial charge in [0.1, 0.15) is 5.01 Å². The lowest BCUT2D eigenvalue weighted by Crippen LogP contribution is -2.38. The number of thiazole rings is 1. The van der Waals surface area contributed by atoms with Gasteiger partial charge in [-0.1, -0.05) is 12.1 Å². The maximum atomic E-state index is 13.8. The first-order chi connectivity index (χ1) is 14.0. The van der Waals surface area contributed by atoms with Gasteiger partial charge in [-0.3, -0.25) is 9.48 Å². The smallest absolute Gasteiger partial charge is 0.255 e. The van der Waals surface area contributed by atoms with Crippen molar-refractivity contribution in [1.29, 1.82) is 0 Å². The van der Waals surface area contributed by atoms with E-state index in [1.165, 1.54) is 4.70 Å². The number of carbonyl (C=O) groups is 1. The highest BCUT2D eigenvalue weighted by atomic mass is 32.1. The molecule has 1 atom stereocenters. The van der Waals surface area contributed by atoms with E-state index in [1.807, 2.05) is 50.1 Å². The predicted octanol–water partition coefficient (Wildman–Crippen LogP) is 4.56. The van der Waals surface area contributed by atoms with Crippen LogP contribution in [0.5, 0.6) is 0 Å². The zero-order chi connectivity index (χ0) is 20.1. The fourth-order valence-corrected chi connectivity index (χ4v) is 5.47. The number of nitrogens with zero attached hydrogens (tertiary/aromatic N) is 5. The minimum atomic E-state index is 0.0224. The van der Waals surface area contributed by atoms with Crippen molar-refractivity contribution in [3.05, 3.63) is 52.3 Å². The number of carbonyl (C=O) groups excluding carboxylic acids is 1. The molecule has 1 fully saturated rings. The molecule has 1 amide bonds. The highest BCUT2D eigenvalue weighted by molar-refractivity contribution is 7.18.